The zero-order valence-electron chi connectivity index (χ0n) is 16.9. The number of anilines is 1. The summed E-state index contributed by atoms with van der Waals surface area (Å²) in [5, 5.41) is 3.37. The smallest absolute Gasteiger partial charge is 0.194 e. The fourth-order valence-corrected chi connectivity index (χ4v) is 3.28. The van der Waals surface area contributed by atoms with Gasteiger partial charge in [0.25, 0.3) is 0 Å². The number of hydrogen-bond donors (Lipinski definition) is 1. The third-order valence-corrected chi connectivity index (χ3v) is 4.82. The lowest BCUT2D eigenvalue weighted by Gasteiger charge is -2.37. The molecule has 8 heteroatoms. The van der Waals surface area contributed by atoms with Crippen molar-refractivity contribution in [3.8, 4) is 0 Å². The van der Waals surface area contributed by atoms with Crippen molar-refractivity contribution in [2.45, 2.75) is 13.0 Å². The molecule has 1 aromatic heterocycles. The van der Waals surface area contributed by atoms with Gasteiger partial charge in [-0.15, -0.1) is 24.0 Å². The van der Waals surface area contributed by atoms with Gasteiger partial charge < -0.3 is 19.9 Å². The van der Waals surface area contributed by atoms with E-state index in [-0.39, 0.29) is 35.9 Å². The number of benzene rings is 1. The van der Waals surface area contributed by atoms with E-state index in [2.05, 4.69) is 27.0 Å². The summed E-state index contributed by atoms with van der Waals surface area (Å²) < 4.78 is 18.7. The molecule has 1 fully saturated rings. The topological polar surface area (TPSA) is 53.0 Å². The van der Waals surface area contributed by atoms with Gasteiger partial charge in [-0.25, -0.2) is 9.37 Å². The molecule has 6 nitrogen and oxygen atoms in total. The minimum Gasteiger partial charge on any atom is -0.375 e. The highest BCUT2D eigenvalue weighted by Gasteiger charge is 2.21. The molecule has 0 spiro atoms. The van der Waals surface area contributed by atoms with Crippen LogP contribution in [0.3, 0.4) is 0 Å². The number of methoxy groups -OCH3 is 1. The molecule has 1 N–H and O–H groups in total. The second-order valence-corrected chi connectivity index (χ2v) is 6.63. The molecule has 1 atom stereocenters. The molecule has 3 rings (SSSR count). The van der Waals surface area contributed by atoms with Crippen molar-refractivity contribution in [2.24, 2.45) is 4.99 Å². The number of nitrogens with zero attached hydrogens (tertiary/aromatic N) is 4. The van der Waals surface area contributed by atoms with Crippen molar-refractivity contribution >= 4 is 35.8 Å². The Morgan fingerprint density at radius 1 is 1.17 bits per heavy atom. The highest BCUT2D eigenvalue weighted by Crippen LogP contribution is 2.18. The predicted octanol–water partition coefficient (Wildman–Crippen LogP) is 3.31. The SMILES string of the molecule is CCNC(=NCC(OC)c1ccc(F)cc1)N1CCN(c2ccccn2)CC1.I. The Bertz CT molecular complexity index is 751. The summed E-state index contributed by atoms with van der Waals surface area (Å²) in [6.07, 6.45) is 1.62. The summed E-state index contributed by atoms with van der Waals surface area (Å²) in [5.74, 6) is 1.65. The van der Waals surface area contributed by atoms with Crippen molar-refractivity contribution in [3.05, 3.63) is 60.0 Å². The third-order valence-electron chi connectivity index (χ3n) is 4.82. The van der Waals surface area contributed by atoms with Crippen LogP contribution in [-0.4, -0.2) is 62.2 Å². The van der Waals surface area contributed by atoms with Gasteiger partial charge in [0.1, 0.15) is 17.7 Å². The molecular weight excluding hydrogens is 484 g/mol. The van der Waals surface area contributed by atoms with Crippen LogP contribution in [0.1, 0.15) is 18.6 Å². The first-order chi connectivity index (χ1) is 13.7. The molecule has 1 saturated heterocycles. The number of piperazine rings is 1. The number of nitrogens with one attached hydrogen (secondary N) is 1. The Labute approximate surface area is 189 Å². The Kier molecular flexibility index (Phi) is 9.59. The third kappa shape index (κ3) is 6.53. The Morgan fingerprint density at radius 3 is 2.48 bits per heavy atom. The average Bonchev–Trinajstić information content (AvgIpc) is 2.75. The zero-order chi connectivity index (χ0) is 19.8. The van der Waals surface area contributed by atoms with Gasteiger partial charge in [0.05, 0.1) is 6.54 Å². The highest BCUT2D eigenvalue weighted by atomic mass is 127. The number of aromatic nitrogens is 1. The minimum atomic E-state index is -0.249. The van der Waals surface area contributed by atoms with Crippen LogP contribution < -0.4 is 10.2 Å². The quantitative estimate of drug-likeness (QED) is 0.365. The van der Waals surface area contributed by atoms with Crippen LogP contribution in [0.5, 0.6) is 0 Å². The molecule has 0 bridgehead atoms. The monoisotopic (exact) mass is 513 g/mol. The van der Waals surface area contributed by atoms with Gasteiger partial charge in [0, 0.05) is 46.0 Å². The summed E-state index contributed by atoms with van der Waals surface area (Å²) in [5.41, 5.74) is 0.920. The van der Waals surface area contributed by atoms with E-state index in [0.717, 1.165) is 50.1 Å². The van der Waals surface area contributed by atoms with Gasteiger partial charge >= 0.3 is 0 Å². The van der Waals surface area contributed by atoms with Crippen LogP contribution in [0, 0.1) is 5.82 Å². The molecule has 1 unspecified atom stereocenters. The van der Waals surface area contributed by atoms with Crippen molar-refractivity contribution < 1.29 is 9.13 Å². The normalized spacial score (nSPS) is 15.6. The van der Waals surface area contributed by atoms with E-state index in [4.69, 9.17) is 9.73 Å². The molecular formula is C21H29FIN5O. The molecule has 158 valence electrons. The van der Waals surface area contributed by atoms with E-state index >= 15 is 0 Å². The maximum atomic E-state index is 13.2. The van der Waals surface area contributed by atoms with Crippen LogP contribution in [-0.2, 0) is 4.74 Å². The molecule has 0 aliphatic carbocycles. The van der Waals surface area contributed by atoms with Crippen LogP contribution in [0.4, 0.5) is 10.2 Å². The summed E-state index contributed by atoms with van der Waals surface area (Å²) in [6, 6.07) is 12.4. The molecule has 1 aliphatic heterocycles. The summed E-state index contributed by atoms with van der Waals surface area (Å²) >= 11 is 0. The zero-order valence-corrected chi connectivity index (χ0v) is 19.3. The van der Waals surface area contributed by atoms with Crippen LogP contribution in [0.25, 0.3) is 0 Å². The predicted molar refractivity (Wildman–Crippen MR) is 126 cm³/mol. The lowest BCUT2D eigenvalue weighted by Crippen LogP contribution is -2.52. The molecule has 2 heterocycles. The van der Waals surface area contributed by atoms with Gasteiger partial charge in [-0.05, 0) is 36.8 Å². The standard InChI is InChI=1S/C21H28FN5O.HI/c1-3-23-21(25-16-19(28-2)17-7-9-18(22)10-8-17)27-14-12-26(13-15-27)20-6-4-5-11-24-20;/h4-11,19H,3,12-16H2,1-2H3,(H,23,25);1H. The molecule has 0 radical (unpaired) electrons. The van der Waals surface area contributed by atoms with E-state index in [1.54, 1.807) is 19.2 Å². The lowest BCUT2D eigenvalue weighted by molar-refractivity contribution is 0.110. The summed E-state index contributed by atoms with van der Waals surface area (Å²) in [6.45, 7) is 6.87. The minimum absolute atomic E-state index is 0. The Hall–Kier alpha value is -1.94. The summed E-state index contributed by atoms with van der Waals surface area (Å²) in [4.78, 5) is 13.8. The molecule has 0 amide bonds. The van der Waals surface area contributed by atoms with Crippen molar-refractivity contribution in [2.75, 3.05) is 51.3 Å². The van der Waals surface area contributed by atoms with E-state index in [9.17, 15) is 4.39 Å². The largest absolute Gasteiger partial charge is 0.375 e. The Morgan fingerprint density at radius 2 is 1.90 bits per heavy atom. The second kappa shape index (κ2) is 11.9. The molecule has 29 heavy (non-hydrogen) atoms. The van der Waals surface area contributed by atoms with Crippen LogP contribution in [0.2, 0.25) is 0 Å². The average molecular weight is 513 g/mol. The highest BCUT2D eigenvalue weighted by molar-refractivity contribution is 14.0. The van der Waals surface area contributed by atoms with Crippen molar-refractivity contribution in [1.29, 1.82) is 0 Å². The van der Waals surface area contributed by atoms with Gasteiger partial charge in [-0.3, -0.25) is 4.99 Å². The van der Waals surface area contributed by atoms with Gasteiger partial charge in [-0.1, -0.05) is 18.2 Å². The van der Waals surface area contributed by atoms with Crippen molar-refractivity contribution in [1.82, 2.24) is 15.2 Å². The van der Waals surface area contributed by atoms with E-state index in [1.165, 1.54) is 12.1 Å². The van der Waals surface area contributed by atoms with Gasteiger partial charge in [-0.2, -0.15) is 0 Å². The van der Waals surface area contributed by atoms with Crippen LogP contribution in [0.15, 0.2) is 53.7 Å². The fraction of sp³-hybridized carbons (Fsp3) is 0.429. The lowest BCUT2D eigenvalue weighted by atomic mass is 10.1. The number of halogens is 2. The maximum Gasteiger partial charge on any atom is 0.194 e. The number of pyridine rings is 1. The van der Waals surface area contributed by atoms with Gasteiger partial charge in [0.2, 0.25) is 0 Å². The summed E-state index contributed by atoms with van der Waals surface area (Å²) in [7, 11) is 1.65. The first-order valence-electron chi connectivity index (χ1n) is 9.68. The number of aliphatic imine (C=N–C) groups is 1. The van der Waals surface area contributed by atoms with E-state index in [1.807, 2.05) is 24.4 Å². The number of guanidine groups is 1. The van der Waals surface area contributed by atoms with Crippen LogP contribution >= 0.6 is 24.0 Å². The maximum absolute atomic E-state index is 13.2. The Balaban J connectivity index is 0.00000300. The fourth-order valence-electron chi connectivity index (χ4n) is 3.28. The molecule has 2 aromatic rings. The first-order valence-corrected chi connectivity index (χ1v) is 9.68. The molecule has 1 aliphatic rings. The number of hydrogen-bond acceptors (Lipinski definition) is 4. The molecule has 1 aromatic carbocycles. The second-order valence-electron chi connectivity index (χ2n) is 6.63. The molecule has 0 saturated carbocycles. The van der Waals surface area contributed by atoms with E-state index in [0.29, 0.717) is 6.54 Å². The van der Waals surface area contributed by atoms with E-state index < -0.39 is 0 Å². The first kappa shape index (κ1) is 23.3. The van der Waals surface area contributed by atoms with Gasteiger partial charge in [0.15, 0.2) is 5.96 Å². The van der Waals surface area contributed by atoms with Crippen molar-refractivity contribution in [3.63, 3.8) is 0 Å². The number of rotatable bonds is 6. The number of ether oxygens (including phenoxy) is 1.